The molecule has 2 aromatic heterocycles. The first-order chi connectivity index (χ1) is 13.1. The van der Waals surface area contributed by atoms with Gasteiger partial charge < -0.3 is 9.09 Å². The van der Waals surface area contributed by atoms with Gasteiger partial charge >= 0.3 is 18.2 Å². The Bertz CT molecular complexity index is 1040. The fourth-order valence-electron chi connectivity index (χ4n) is 2.59. The van der Waals surface area contributed by atoms with Gasteiger partial charge in [-0.1, -0.05) is 23.4 Å². The Kier molecular flexibility index (Phi) is 5.01. The Morgan fingerprint density at radius 3 is 2.32 bits per heavy atom. The topological polar surface area (TPSA) is 60.9 Å². The van der Waals surface area contributed by atoms with Gasteiger partial charge in [0.15, 0.2) is 0 Å². The molecule has 0 N–H and O–H groups in total. The zero-order valence-corrected chi connectivity index (χ0v) is 13.9. The van der Waals surface area contributed by atoms with Gasteiger partial charge in [0.2, 0.25) is 5.82 Å². The molecule has 28 heavy (non-hydrogen) atoms. The maximum Gasteiger partial charge on any atom is 0.471 e. The Morgan fingerprint density at radius 2 is 1.68 bits per heavy atom. The molecule has 0 saturated carbocycles. The molecule has 3 aromatic rings. The summed E-state index contributed by atoms with van der Waals surface area (Å²) in [6.07, 6.45) is -8.20. The van der Waals surface area contributed by atoms with E-state index in [0.717, 1.165) is 10.6 Å². The van der Waals surface area contributed by atoms with Gasteiger partial charge in [-0.2, -0.15) is 31.3 Å². The molecular weight excluding hydrogens is 392 g/mol. The van der Waals surface area contributed by atoms with Gasteiger partial charge in [0, 0.05) is 12.7 Å². The van der Waals surface area contributed by atoms with Crippen molar-refractivity contribution in [3.63, 3.8) is 0 Å². The fourth-order valence-corrected chi connectivity index (χ4v) is 2.59. The highest BCUT2D eigenvalue weighted by Crippen LogP contribution is 2.32. The molecule has 2 heterocycles. The smallest absolute Gasteiger partial charge is 0.329 e. The molecule has 0 atom stereocenters. The van der Waals surface area contributed by atoms with Crippen molar-refractivity contribution in [2.24, 2.45) is 0 Å². The van der Waals surface area contributed by atoms with E-state index in [0.29, 0.717) is 0 Å². The number of hydrogen-bond donors (Lipinski definition) is 0. The predicted octanol–water partition coefficient (Wildman–Crippen LogP) is 4.18. The third kappa shape index (κ3) is 4.07. The zero-order valence-electron chi connectivity index (χ0n) is 13.9. The molecular formula is C17H11F6N3O2. The van der Waals surface area contributed by atoms with E-state index < -0.39 is 35.2 Å². The number of aromatic nitrogens is 3. The van der Waals surface area contributed by atoms with Crippen molar-refractivity contribution in [2.45, 2.75) is 25.3 Å². The number of hydrogen-bond acceptors (Lipinski definition) is 4. The third-order valence-corrected chi connectivity index (χ3v) is 3.87. The van der Waals surface area contributed by atoms with Gasteiger partial charge in [0.1, 0.15) is 0 Å². The number of halogens is 6. The predicted molar refractivity (Wildman–Crippen MR) is 84.1 cm³/mol. The number of nitrogens with zero attached hydrogens (tertiary/aromatic N) is 3. The molecule has 148 valence electrons. The van der Waals surface area contributed by atoms with Crippen LogP contribution in [0.1, 0.15) is 17.0 Å². The first-order valence-corrected chi connectivity index (χ1v) is 7.83. The van der Waals surface area contributed by atoms with Crippen molar-refractivity contribution >= 4 is 0 Å². The van der Waals surface area contributed by atoms with Crippen LogP contribution in [0.5, 0.6) is 0 Å². The molecule has 0 aliphatic carbocycles. The van der Waals surface area contributed by atoms with E-state index >= 15 is 0 Å². The van der Waals surface area contributed by atoms with Crippen molar-refractivity contribution in [3.05, 3.63) is 70.0 Å². The minimum Gasteiger partial charge on any atom is -0.329 e. The highest BCUT2D eigenvalue weighted by molar-refractivity contribution is 5.52. The second-order valence-electron chi connectivity index (χ2n) is 5.75. The number of rotatable bonds is 4. The lowest BCUT2D eigenvalue weighted by Crippen LogP contribution is -2.23. The van der Waals surface area contributed by atoms with Gasteiger partial charge in [-0.25, -0.2) is 0 Å². The molecule has 0 spiro atoms. The van der Waals surface area contributed by atoms with E-state index in [1.54, 1.807) is 0 Å². The van der Waals surface area contributed by atoms with Crippen LogP contribution >= 0.6 is 0 Å². The summed E-state index contributed by atoms with van der Waals surface area (Å²) in [4.78, 5) is 15.6. The molecule has 1 aromatic carbocycles. The van der Waals surface area contributed by atoms with Crippen LogP contribution in [0.25, 0.3) is 11.4 Å². The molecule has 0 fully saturated rings. The van der Waals surface area contributed by atoms with Crippen molar-refractivity contribution in [1.29, 1.82) is 0 Å². The SMILES string of the molecule is O=c1c(-c2noc(C(F)(F)F)n2)cccn1CCc1ccccc1C(F)(F)F. The van der Waals surface area contributed by atoms with Gasteiger partial charge in [-0.05, 0) is 30.2 Å². The summed E-state index contributed by atoms with van der Waals surface area (Å²) in [7, 11) is 0. The van der Waals surface area contributed by atoms with E-state index in [4.69, 9.17) is 0 Å². The molecule has 0 unspecified atom stereocenters. The Hall–Kier alpha value is -3.11. The lowest BCUT2D eigenvalue weighted by atomic mass is 10.0. The number of aryl methyl sites for hydroxylation is 2. The monoisotopic (exact) mass is 403 g/mol. The van der Waals surface area contributed by atoms with Crippen molar-refractivity contribution in [1.82, 2.24) is 14.7 Å². The molecule has 0 radical (unpaired) electrons. The molecule has 0 amide bonds. The Morgan fingerprint density at radius 1 is 0.964 bits per heavy atom. The highest BCUT2D eigenvalue weighted by atomic mass is 19.4. The third-order valence-electron chi connectivity index (χ3n) is 3.87. The van der Waals surface area contributed by atoms with E-state index in [-0.39, 0.29) is 24.1 Å². The quantitative estimate of drug-likeness (QED) is 0.614. The first kappa shape index (κ1) is 19.6. The average Bonchev–Trinajstić information content (AvgIpc) is 3.10. The molecule has 0 aliphatic rings. The van der Waals surface area contributed by atoms with Crippen LogP contribution in [0.4, 0.5) is 26.3 Å². The average molecular weight is 403 g/mol. The summed E-state index contributed by atoms with van der Waals surface area (Å²) < 4.78 is 82.0. The van der Waals surface area contributed by atoms with E-state index in [1.165, 1.54) is 36.5 Å². The summed E-state index contributed by atoms with van der Waals surface area (Å²) in [5.74, 6) is -2.15. The largest absolute Gasteiger partial charge is 0.471 e. The number of alkyl halides is 6. The van der Waals surface area contributed by atoms with Crippen LogP contribution in [0, 0.1) is 0 Å². The van der Waals surface area contributed by atoms with Gasteiger partial charge in [0.25, 0.3) is 5.56 Å². The molecule has 11 heteroatoms. The normalized spacial score (nSPS) is 12.4. The van der Waals surface area contributed by atoms with E-state index in [2.05, 4.69) is 14.7 Å². The second-order valence-corrected chi connectivity index (χ2v) is 5.75. The minimum atomic E-state index is -4.86. The van der Waals surface area contributed by atoms with Crippen LogP contribution in [0.2, 0.25) is 0 Å². The summed E-state index contributed by atoms with van der Waals surface area (Å²) >= 11 is 0. The van der Waals surface area contributed by atoms with Crippen LogP contribution in [-0.2, 0) is 25.3 Å². The maximum absolute atomic E-state index is 13.1. The summed E-state index contributed by atoms with van der Waals surface area (Å²) in [6.45, 7) is -0.121. The van der Waals surface area contributed by atoms with Crippen molar-refractivity contribution in [3.8, 4) is 11.4 Å². The lowest BCUT2D eigenvalue weighted by Gasteiger charge is -2.13. The molecule has 0 bridgehead atoms. The van der Waals surface area contributed by atoms with Crippen LogP contribution in [0.3, 0.4) is 0 Å². The Balaban J connectivity index is 1.87. The van der Waals surface area contributed by atoms with Crippen molar-refractivity contribution < 1.29 is 30.9 Å². The number of benzene rings is 1. The highest BCUT2D eigenvalue weighted by Gasteiger charge is 2.38. The maximum atomic E-state index is 13.1. The standard InChI is InChI=1S/C17H11F6N3O2/c18-16(19,20)12-6-2-1-4-10(12)7-9-26-8-3-5-11(14(26)27)13-24-15(28-25-13)17(21,22)23/h1-6,8H,7,9H2. The molecule has 5 nitrogen and oxygen atoms in total. The fraction of sp³-hybridized carbons (Fsp3) is 0.235. The minimum absolute atomic E-state index is 0.00813. The van der Waals surface area contributed by atoms with Crippen LogP contribution < -0.4 is 5.56 Å². The Labute approximate surface area is 153 Å². The summed E-state index contributed by atoms with van der Waals surface area (Å²) in [5, 5.41) is 3.15. The zero-order chi connectivity index (χ0) is 20.5. The van der Waals surface area contributed by atoms with Gasteiger partial charge in [-0.3, -0.25) is 4.79 Å². The van der Waals surface area contributed by atoms with Gasteiger partial charge in [0.05, 0.1) is 11.1 Å². The van der Waals surface area contributed by atoms with Crippen LogP contribution in [0.15, 0.2) is 51.9 Å². The summed E-state index contributed by atoms with van der Waals surface area (Å²) in [6, 6.07) is 7.50. The second kappa shape index (κ2) is 7.13. The van der Waals surface area contributed by atoms with E-state index in [1.807, 2.05) is 0 Å². The van der Waals surface area contributed by atoms with Gasteiger partial charge in [-0.15, -0.1) is 0 Å². The number of pyridine rings is 1. The van der Waals surface area contributed by atoms with Crippen molar-refractivity contribution in [2.75, 3.05) is 0 Å². The molecule has 0 aliphatic heterocycles. The van der Waals surface area contributed by atoms with E-state index in [9.17, 15) is 31.1 Å². The molecule has 0 saturated heterocycles. The summed E-state index contributed by atoms with van der Waals surface area (Å²) in [5.41, 5.74) is -1.83. The first-order valence-electron chi connectivity index (χ1n) is 7.83. The lowest BCUT2D eigenvalue weighted by molar-refractivity contribution is -0.159. The molecule has 3 rings (SSSR count). The van der Waals surface area contributed by atoms with Crippen LogP contribution in [-0.4, -0.2) is 14.7 Å².